The van der Waals surface area contributed by atoms with Crippen LogP contribution in [0.5, 0.6) is 0 Å². The maximum atomic E-state index is 12.9. The first-order chi connectivity index (χ1) is 38.5. The summed E-state index contributed by atoms with van der Waals surface area (Å²) in [6.07, 6.45) is 93.8. The molecule has 6 heteroatoms. The van der Waals surface area contributed by atoms with Crippen molar-refractivity contribution in [2.45, 2.75) is 264 Å². The molecule has 0 saturated carbocycles. The molecule has 0 rings (SSSR count). The molecule has 0 aliphatic heterocycles. The van der Waals surface area contributed by atoms with Crippen LogP contribution in [0.15, 0.2) is 158 Å². The monoisotopic (exact) mass is 1070 g/mol. The standard InChI is InChI=1S/C72H114O6/c1-4-7-10-13-16-19-22-25-28-30-32-33-34-35-36-37-38-39-41-42-44-47-50-53-56-59-62-65-71(74)77-68-69(67-76-70(73)64-61-58-55-52-49-46-27-24-21-18-15-12-9-6-3)78-72(75)66-63-60-57-54-51-48-45-43-40-31-29-26-23-20-17-14-11-8-5-2/h7,10,15-20,24-29,32-33,35-36,38-40,42-44,50,53,69H,4-6,8-9,11-14,21-23,30-31,34,37,41,45-49,51-52,54-68H2,1-3H3/b10-7-,18-15-,19-16-,20-17-,27-24-,28-25-,29-26-,33-32-,36-35-,39-38-,43-40-,44-42-,53-50-. The van der Waals surface area contributed by atoms with Crippen molar-refractivity contribution < 1.29 is 28.6 Å². The van der Waals surface area contributed by atoms with Crippen LogP contribution in [-0.4, -0.2) is 37.2 Å². The lowest BCUT2D eigenvalue weighted by atomic mass is 10.1. The van der Waals surface area contributed by atoms with Crippen LogP contribution < -0.4 is 0 Å². The first-order valence-corrected chi connectivity index (χ1v) is 31.5. The zero-order chi connectivity index (χ0) is 56.4. The highest BCUT2D eigenvalue weighted by molar-refractivity contribution is 5.71. The number of unbranched alkanes of at least 4 members (excludes halogenated alkanes) is 18. The van der Waals surface area contributed by atoms with Gasteiger partial charge in [0.15, 0.2) is 6.10 Å². The van der Waals surface area contributed by atoms with E-state index in [1.54, 1.807) is 0 Å². The molecule has 0 fully saturated rings. The summed E-state index contributed by atoms with van der Waals surface area (Å²) in [4.78, 5) is 38.3. The van der Waals surface area contributed by atoms with Crippen LogP contribution in [0.2, 0.25) is 0 Å². The van der Waals surface area contributed by atoms with E-state index in [1.165, 1.54) is 57.8 Å². The Morgan fingerprint density at radius 3 is 0.846 bits per heavy atom. The minimum atomic E-state index is -0.818. The van der Waals surface area contributed by atoms with Gasteiger partial charge in [-0.15, -0.1) is 0 Å². The summed E-state index contributed by atoms with van der Waals surface area (Å²) in [6.45, 7) is 6.39. The third kappa shape index (κ3) is 61.9. The van der Waals surface area contributed by atoms with Gasteiger partial charge in [-0.3, -0.25) is 14.4 Å². The van der Waals surface area contributed by atoms with Gasteiger partial charge in [0.1, 0.15) is 13.2 Å². The van der Waals surface area contributed by atoms with Gasteiger partial charge in [0.05, 0.1) is 0 Å². The number of rotatable bonds is 55. The van der Waals surface area contributed by atoms with Gasteiger partial charge in [0, 0.05) is 19.3 Å². The molecule has 0 bridgehead atoms. The number of ether oxygens (including phenoxy) is 3. The first-order valence-electron chi connectivity index (χ1n) is 31.5. The quantitative estimate of drug-likeness (QED) is 0.0261. The summed E-state index contributed by atoms with van der Waals surface area (Å²) in [7, 11) is 0. The third-order valence-corrected chi connectivity index (χ3v) is 12.7. The van der Waals surface area contributed by atoms with Gasteiger partial charge in [-0.2, -0.15) is 0 Å². The molecule has 78 heavy (non-hydrogen) atoms. The summed E-state index contributed by atoms with van der Waals surface area (Å²) in [5.74, 6) is -0.986. The average molecular weight is 1080 g/mol. The SMILES string of the molecule is CC/C=C\C/C=C\C/C=C\C/C=C\C/C=C\C/C=C\C/C=C\C/C=C\CCCCC(=O)OCC(COC(=O)CCCCCCC/C=C\C/C=C\CCCC)OC(=O)CCCCCCCC/C=C\C/C=C\C/C=C\CCCCC. The maximum absolute atomic E-state index is 12.9. The second-order valence-corrected chi connectivity index (χ2v) is 20.2. The van der Waals surface area contributed by atoms with Crippen molar-refractivity contribution in [2.75, 3.05) is 13.2 Å². The summed E-state index contributed by atoms with van der Waals surface area (Å²) >= 11 is 0. The minimum Gasteiger partial charge on any atom is -0.462 e. The lowest BCUT2D eigenvalue weighted by molar-refractivity contribution is -0.167. The lowest BCUT2D eigenvalue weighted by Gasteiger charge is -2.18. The Bertz CT molecular complexity index is 1760. The van der Waals surface area contributed by atoms with Crippen molar-refractivity contribution in [2.24, 2.45) is 0 Å². The smallest absolute Gasteiger partial charge is 0.306 e. The van der Waals surface area contributed by atoms with E-state index in [0.29, 0.717) is 19.3 Å². The van der Waals surface area contributed by atoms with Gasteiger partial charge >= 0.3 is 17.9 Å². The molecule has 0 aromatic carbocycles. The van der Waals surface area contributed by atoms with Crippen LogP contribution >= 0.6 is 0 Å². The Hall–Kier alpha value is -4.97. The van der Waals surface area contributed by atoms with Crippen molar-refractivity contribution in [3.63, 3.8) is 0 Å². The number of hydrogen-bond acceptors (Lipinski definition) is 6. The number of esters is 3. The molecule has 1 unspecified atom stereocenters. The van der Waals surface area contributed by atoms with Crippen molar-refractivity contribution in [3.8, 4) is 0 Å². The molecule has 0 spiro atoms. The molecule has 1 atom stereocenters. The van der Waals surface area contributed by atoms with E-state index in [4.69, 9.17) is 14.2 Å². The van der Waals surface area contributed by atoms with Crippen LogP contribution in [-0.2, 0) is 28.6 Å². The van der Waals surface area contributed by atoms with Gasteiger partial charge in [-0.25, -0.2) is 0 Å². The number of allylic oxidation sites excluding steroid dienone is 26. The second kappa shape index (κ2) is 64.6. The van der Waals surface area contributed by atoms with Crippen LogP contribution in [0.1, 0.15) is 258 Å². The number of hydrogen-bond donors (Lipinski definition) is 0. The molecule has 438 valence electrons. The molecular formula is C72H114O6. The lowest BCUT2D eigenvalue weighted by Crippen LogP contribution is -2.30. The van der Waals surface area contributed by atoms with Crippen LogP contribution in [0.25, 0.3) is 0 Å². The van der Waals surface area contributed by atoms with E-state index in [9.17, 15) is 14.4 Å². The van der Waals surface area contributed by atoms with Gasteiger partial charge < -0.3 is 14.2 Å². The molecule has 0 heterocycles. The highest BCUT2D eigenvalue weighted by Crippen LogP contribution is 2.13. The zero-order valence-corrected chi connectivity index (χ0v) is 50.1. The fourth-order valence-electron chi connectivity index (χ4n) is 8.01. The Labute approximate surface area is 480 Å². The molecule has 0 saturated heterocycles. The summed E-state index contributed by atoms with van der Waals surface area (Å²) in [5.41, 5.74) is 0. The summed E-state index contributed by atoms with van der Waals surface area (Å²) in [6, 6.07) is 0. The summed E-state index contributed by atoms with van der Waals surface area (Å²) < 4.78 is 16.9. The molecule has 6 nitrogen and oxygen atoms in total. The van der Waals surface area contributed by atoms with Crippen molar-refractivity contribution in [1.29, 1.82) is 0 Å². The first kappa shape index (κ1) is 73.0. The van der Waals surface area contributed by atoms with E-state index < -0.39 is 6.10 Å². The van der Waals surface area contributed by atoms with Crippen LogP contribution in [0.3, 0.4) is 0 Å². The van der Waals surface area contributed by atoms with Crippen molar-refractivity contribution >= 4 is 17.9 Å². The molecular weight excluding hydrogens is 961 g/mol. The molecule has 0 N–H and O–H groups in total. The fourth-order valence-corrected chi connectivity index (χ4v) is 8.01. The van der Waals surface area contributed by atoms with Gasteiger partial charge in [-0.1, -0.05) is 249 Å². The number of carbonyl (C=O) groups excluding carboxylic acids is 3. The Morgan fingerprint density at radius 2 is 0.513 bits per heavy atom. The molecule has 0 aliphatic rings. The predicted octanol–water partition coefficient (Wildman–Crippen LogP) is 21.7. The Morgan fingerprint density at radius 1 is 0.269 bits per heavy atom. The average Bonchev–Trinajstić information content (AvgIpc) is 3.44. The van der Waals surface area contributed by atoms with E-state index >= 15 is 0 Å². The Kier molecular flexibility index (Phi) is 60.4. The molecule has 0 aromatic heterocycles. The van der Waals surface area contributed by atoms with Crippen LogP contribution in [0, 0.1) is 0 Å². The van der Waals surface area contributed by atoms with Crippen molar-refractivity contribution in [3.05, 3.63) is 158 Å². The maximum Gasteiger partial charge on any atom is 0.306 e. The predicted molar refractivity (Wildman–Crippen MR) is 338 cm³/mol. The molecule has 0 aromatic rings. The molecule has 0 radical (unpaired) electrons. The minimum absolute atomic E-state index is 0.111. The topological polar surface area (TPSA) is 78.9 Å². The van der Waals surface area contributed by atoms with E-state index in [1.807, 2.05) is 0 Å². The van der Waals surface area contributed by atoms with E-state index in [2.05, 4.69) is 179 Å². The highest BCUT2D eigenvalue weighted by Gasteiger charge is 2.19. The summed E-state index contributed by atoms with van der Waals surface area (Å²) in [5, 5.41) is 0. The van der Waals surface area contributed by atoms with Gasteiger partial charge in [0.2, 0.25) is 0 Å². The largest absolute Gasteiger partial charge is 0.462 e. The van der Waals surface area contributed by atoms with Crippen LogP contribution in [0.4, 0.5) is 0 Å². The van der Waals surface area contributed by atoms with E-state index in [-0.39, 0.29) is 37.5 Å². The molecule has 0 amide bonds. The molecule has 0 aliphatic carbocycles. The van der Waals surface area contributed by atoms with Gasteiger partial charge in [-0.05, 0) is 148 Å². The van der Waals surface area contributed by atoms with E-state index in [0.717, 1.165) is 154 Å². The Balaban J connectivity index is 4.50. The third-order valence-electron chi connectivity index (χ3n) is 12.7. The highest BCUT2D eigenvalue weighted by atomic mass is 16.6. The zero-order valence-electron chi connectivity index (χ0n) is 50.1. The normalized spacial score (nSPS) is 13.2. The second-order valence-electron chi connectivity index (χ2n) is 20.2. The fraction of sp³-hybridized carbons (Fsp3) is 0.597. The van der Waals surface area contributed by atoms with Gasteiger partial charge in [0.25, 0.3) is 0 Å². The van der Waals surface area contributed by atoms with Crippen molar-refractivity contribution in [1.82, 2.24) is 0 Å². The number of carbonyl (C=O) groups is 3.